The Balaban J connectivity index is 1.72. The molecule has 0 radical (unpaired) electrons. The van der Waals surface area contributed by atoms with Gasteiger partial charge in [-0.25, -0.2) is 13.6 Å². The van der Waals surface area contributed by atoms with E-state index in [9.17, 15) is 26.4 Å². The van der Waals surface area contributed by atoms with Crippen molar-refractivity contribution in [2.24, 2.45) is 5.14 Å². The number of furan rings is 1. The summed E-state index contributed by atoms with van der Waals surface area (Å²) in [4.78, 5) is 12.2. The van der Waals surface area contributed by atoms with Gasteiger partial charge >= 0.3 is 6.18 Å². The van der Waals surface area contributed by atoms with Gasteiger partial charge in [-0.2, -0.15) is 13.2 Å². The Bertz CT molecular complexity index is 1150. The second-order valence-electron chi connectivity index (χ2n) is 6.12. The maximum Gasteiger partial charge on any atom is 0.416 e. The van der Waals surface area contributed by atoms with Gasteiger partial charge in [-0.1, -0.05) is 24.3 Å². The summed E-state index contributed by atoms with van der Waals surface area (Å²) in [5, 5.41) is 7.61. The summed E-state index contributed by atoms with van der Waals surface area (Å²) in [5.41, 5.74) is -0.151. The molecule has 2 aromatic carbocycles. The van der Waals surface area contributed by atoms with E-state index < -0.39 is 27.7 Å². The molecule has 0 fully saturated rings. The van der Waals surface area contributed by atoms with Crippen LogP contribution < -0.4 is 10.5 Å². The molecule has 3 rings (SSSR count). The van der Waals surface area contributed by atoms with E-state index in [0.717, 1.165) is 12.1 Å². The summed E-state index contributed by atoms with van der Waals surface area (Å²) in [5.74, 6) is -0.596. The Hall–Kier alpha value is -3.11. The zero-order chi connectivity index (χ0) is 21.2. The molecule has 0 aliphatic rings. The highest BCUT2D eigenvalue weighted by Crippen LogP contribution is 2.32. The van der Waals surface area contributed by atoms with Gasteiger partial charge in [0, 0.05) is 12.1 Å². The molecule has 10 heteroatoms. The summed E-state index contributed by atoms with van der Waals surface area (Å²) < 4.78 is 66.6. The molecule has 0 saturated heterocycles. The molecule has 0 bridgehead atoms. The number of primary sulfonamides is 1. The lowest BCUT2D eigenvalue weighted by Gasteiger charge is -2.07. The van der Waals surface area contributed by atoms with E-state index in [2.05, 4.69) is 5.32 Å². The molecule has 29 heavy (non-hydrogen) atoms. The van der Waals surface area contributed by atoms with Crippen LogP contribution in [0.3, 0.4) is 0 Å². The van der Waals surface area contributed by atoms with Crippen LogP contribution in [0.4, 0.5) is 13.2 Å². The lowest BCUT2D eigenvalue weighted by Crippen LogP contribution is -2.22. The van der Waals surface area contributed by atoms with Gasteiger partial charge in [0.25, 0.3) is 5.91 Å². The highest BCUT2D eigenvalue weighted by atomic mass is 32.2. The number of nitrogens with two attached hydrogens (primary N) is 1. The van der Waals surface area contributed by atoms with Crippen molar-refractivity contribution in [3.05, 3.63) is 77.6 Å². The van der Waals surface area contributed by atoms with Crippen molar-refractivity contribution in [1.82, 2.24) is 5.32 Å². The molecule has 1 amide bonds. The summed E-state index contributed by atoms with van der Waals surface area (Å²) in [6.07, 6.45) is -4.49. The van der Waals surface area contributed by atoms with Gasteiger partial charge in [0.05, 0.1) is 10.5 Å². The maximum absolute atomic E-state index is 12.8. The lowest BCUT2D eigenvalue weighted by atomic mass is 10.1. The predicted octanol–water partition coefficient (Wildman–Crippen LogP) is 3.54. The molecule has 0 aliphatic carbocycles. The largest absolute Gasteiger partial charge is 0.451 e. The second kappa shape index (κ2) is 7.72. The highest BCUT2D eigenvalue weighted by Gasteiger charge is 2.30. The van der Waals surface area contributed by atoms with Crippen molar-refractivity contribution >= 4 is 15.9 Å². The van der Waals surface area contributed by atoms with Crippen molar-refractivity contribution in [3.63, 3.8) is 0 Å². The van der Waals surface area contributed by atoms with Crippen LogP contribution >= 0.6 is 0 Å². The number of sulfonamides is 1. The number of carbonyl (C=O) groups excluding carboxylic acids is 1. The molecule has 0 saturated carbocycles. The van der Waals surface area contributed by atoms with E-state index in [1.54, 1.807) is 6.07 Å². The topological polar surface area (TPSA) is 102 Å². The van der Waals surface area contributed by atoms with Gasteiger partial charge in [0.2, 0.25) is 10.0 Å². The first-order valence-electron chi connectivity index (χ1n) is 8.21. The average Bonchev–Trinajstić information content (AvgIpc) is 3.15. The third kappa shape index (κ3) is 5.04. The van der Waals surface area contributed by atoms with Gasteiger partial charge in [-0.15, -0.1) is 0 Å². The van der Waals surface area contributed by atoms with Crippen molar-refractivity contribution in [1.29, 1.82) is 0 Å². The minimum Gasteiger partial charge on any atom is -0.451 e. The van der Waals surface area contributed by atoms with Gasteiger partial charge in [-0.3, -0.25) is 4.79 Å². The van der Waals surface area contributed by atoms with E-state index in [1.807, 2.05) is 0 Å². The van der Waals surface area contributed by atoms with Gasteiger partial charge in [0.15, 0.2) is 5.76 Å². The SMILES string of the molecule is NS(=O)(=O)c1cccc(CNC(=O)c2ccc(-c3cccc(C(F)(F)F)c3)o2)c1. The highest BCUT2D eigenvalue weighted by molar-refractivity contribution is 7.89. The van der Waals surface area contributed by atoms with Crippen LogP contribution in [0, 0.1) is 0 Å². The second-order valence-corrected chi connectivity index (χ2v) is 7.68. The van der Waals surface area contributed by atoms with Crippen LogP contribution in [0.25, 0.3) is 11.3 Å². The fraction of sp³-hybridized carbons (Fsp3) is 0.105. The first-order chi connectivity index (χ1) is 13.5. The number of alkyl halides is 3. The molecule has 0 spiro atoms. The number of hydrogen-bond acceptors (Lipinski definition) is 4. The summed E-state index contributed by atoms with van der Waals surface area (Å²) in [6.45, 7) is 0.00177. The lowest BCUT2D eigenvalue weighted by molar-refractivity contribution is -0.137. The van der Waals surface area contributed by atoms with Crippen LogP contribution in [0.5, 0.6) is 0 Å². The Morgan fingerprint density at radius 1 is 1.03 bits per heavy atom. The quantitative estimate of drug-likeness (QED) is 0.654. The standard InChI is InChI=1S/C19H15F3N2O4S/c20-19(21,22)14-5-2-4-13(10-14)16-7-8-17(28-16)18(25)24-11-12-3-1-6-15(9-12)29(23,26)27/h1-10H,11H2,(H,24,25)(H2,23,26,27). The number of amides is 1. The molecule has 1 aromatic heterocycles. The zero-order valence-corrected chi connectivity index (χ0v) is 15.5. The van der Waals surface area contributed by atoms with Crippen molar-refractivity contribution in [2.75, 3.05) is 0 Å². The number of hydrogen-bond donors (Lipinski definition) is 2. The smallest absolute Gasteiger partial charge is 0.416 e. The van der Waals surface area contributed by atoms with E-state index in [4.69, 9.17) is 9.56 Å². The Kier molecular flexibility index (Phi) is 5.49. The summed E-state index contributed by atoms with van der Waals surface area (Å²) >= 11 is 0. The number of benzene rings is 2. The van der Waals surface area contributed by atoms with Crippen LogP contribution in [0.15, 0.2) is 70.0 Å². The van der Waals surface area contributed by atoms with Crippen molar-refractivity contribution in [3.8, 4) is 11.3 Å². The molecular formula is C19H15F3N2O4S. The molecule has 0 atom stereocenters. The first-order valence-corrected chi connectivity index (χ1v) is 9.76. The van der Waals surface area contributed by atoms with Crippen LogP contribution in [0.1, 0.15) is 21.7 Å². The minimum absolute atomic E-state index is 0.00177. The third-order valence-electron chi connectivity index (χ3n) is 3.98. The fourth-order valence-electron chi connectivity index (χ4n) is 2.57. The predicted molar refractivity (Wildman–Crippen MR) is 98.1 cm³/mol. The monoisotopic (exact) mass is 424 g/mol. The van der Waals surface area contributed by atoms with Crippen LogP contribution in [-0.2, 0) is 22.7 Å². The maximum atomic E-state index is 12.8. The fourth-order valence-corrected chi connectivity index (χ4v) is 3.15. The van der Waals surface area contributed by atoms with Crippen molar-refractivity contribution < 1.29 is 30.8 Å². The third-order valence-corrected chi connectivity index (χ3v) is 4.90. The molecule has 0 unspecified atom stereocenters. The number of rotatable bonds is 5. The van der Waals surface area contributed by atoms with E-state index in [1.165, 1.54) is 42.5 Å². The molecule has 0 aliphatic heterocycles. The number of carbonyl (C=O) groups is 1. The normalized spacial score (nSPS) is 12.0. The zero-order valence-electron chi connectivity index (χ0n) is 14.7. The number of halogens is 3. The van der Waals surface area contributed by atoms with Crippen molar-refractivity contribution in [2.45, 2.75) is 17.6 Å². The summed E-state index contributed by atoms with van der Waals surface area (Å²) in [7, 11) is -3.87. The molecular weight excluding hydrogens is 409 g/mol. The first kappa shape index (κ1) is 20.6. The van der Waals surface area contributed by atoms with Gasteiger partial charge < -0.3 is 9.73 Å². The van der Waals surface area contributed by atoms with E-state index in [-0.39, 0.29) is 28.5 Å². The molecule has 152 valence electrons. The minimum atomic E-state index is -4.49. The van der Waals surface area contributed by atoms with Crippen LogP contribution in [0.2, 0.25) is 0 Å². The molecule has 3 aromatic rings. The van der Waals surface area contributed by atoms with Gasteiger partial charge in [0.1, 0.15) is 5.76 Å². The Morgan fingerprint density at radius 3 is 2.45 bits per heavy atom. The average molecular weight is 424 g/mol. The summed E-state index contributed by atoms with van der Waals surface area (Å²) in [6, 6.07) is 13.0. The molecule has 3 N–H and O–H groups in total. The molecule has 6 nitrogen and oxygen atoms in total. The van der Waals surface area contributed by atoms with E-state index >= 15 is 0 Å². The Labute approximate surface area is 164 Å². The number of nitrogens with one attached hydrogen (secondary N) is 1. The van der Waals surface area contributed by atoms with Crippen LogP contribution in [-0.4, -0.2) is 14.3 Å². The Morgan fingerprint density at radius 2 is 1.76 bits per heavy atom. The van der Waals surface area contributed by atoms with E-state index in [0.29, 0.717) is 5.56 Å². The molecule has 1 heterocycles. The van der Waals surface area contributed by atoms with Gasteiger partial charge in [-0.05, 0) is 42.0 Å².